The molecule has 7 heteroatoms. The van der Waals surface area contributed by atoms with Crippen LogP contribution in [0.25, 0.3) is 21.5 Å². The van der Waals surface area contributed by atoms with Crippen molar-refractivity contribution in [3.8, 4) is 16.2 Å². The summed E-state index contributed by atoms with van der Waals surface area (Å²) >= 11 is 1.48. The monoisotopic (exact) mass is 447 g/mol. The number of amides is 1. The number of aromatic nitrogens is 2. The van der Waals surface area contributed by atoms with E-state index in [1.54, 1.807) is 0 Å². The lowest BCUT2D eigenvalue weighted by atomic mass is 10.0. The number of nitrogens with zero attached hydrogens (tertiary/aromatic N) is 2. The summed E-state index contributed by atoms with van der Waals surface area (Å²) in [4.78, 5) is 32.4. The lowest BCUT2D eigenvalue weighted by Gasteiger charge is -2.32. The Balaban J connectivity index is 1.36. The normalized spacial score (nSPS) is 14.7. The Labute approximate surface area is 190 Å². The first-order valence-corrected chi connectivity index (χ1v) is 11.8. The van der Waals surface area contributed by atoms with E-state index >= 15 is 0 Å². The van der Waals surface area contributed by atoms with Crippen LogP contribution in [-0.4, -0.2) is 40.1 Å². The number of thiophene rings is 1. The van der Waals surface area contributed by atoms with Crippen molar-refractivity contribution >= 4 is 28.3 Å². The zero-order chi connectivity index (χ0) is 22.1. The highest BCUT2D eigenvalue weighted by Gasteiger charge is 2.29. The molecular weight excluding hydrogens is 422 g/mol. The summed E-state index contributed by atoms with van der Waals surface area (Å²) in [5.74, 6) is 0.654. The van der Waals surface area contributed by atoms with Gasteiger partial charge in [0, 0.05) is 24.0 Å². The maximum Gasteiger partial charge on any atom is 0.326 e. The molecular formula is C25H25N3O3S. The molecule has 6 nitrogen and oxygen atoms in total. The first-order chi connectivity index (χ1) is 15.7. The van der Waals surface area contributed by atoms with E-state index in [-0.39, 0.29) is 17.6 Å². The van der Waals surface area contributed by atoms with E-state index in [1.165, 1.54) is 11.3 Å². The summed E-state index contributed by atoms with van der Waals surface area (Å²) in [6.45, 7) is 3.66. The summed E-state index contributed by atoms with van der Waals surface area (Å²) < 4.78 is 7.66. The number of nitrogens with one attached hydrogen (secondary N) is 1. The Kier molecular flexibility index (Phi) is 5.57. The summed E-state index contributed by atoms with van der Waals surface area (Å²) in [6.07, 6.45) is 1.49. The molecule has 0 saturated carbocycles. The highest BCUT2D eigenvalue weighted by atomic mass is 32.1. The molecule has 1 aliphatic rings. The van der Waals surface area contributed by atoms with Gasteiger partial charge in [0.2, 0.25) is 0 Å². The number of imidazole rings is 1. The quantitative estimate of drug-likeness (QED) is 0.471. The van der Waals surface area contributed by atoms with Gasteiger partial charge in [-0.2, -0.15) is 0 Å². The number of H-pyrrole nitrogens is 1. The van der Waals surface area contributed by atoms with E-state index in [2.05, 4.69) is 4.98 Å². The van der Waals surface area contributed by atoms with Gasteiger partial charge in [0.25, 0.3) is 5.91 Å². The van der Waals surface area contributed by atoms with Crippen molar-refractivity contribution in [1.82, 2.24) is 14.5 Å². The first kappa shape index (κ1) is 20.6. The van der Waals surface area contributed by atoms with Crippen molar-refractivity contribution in [3.05, 3.63) is 76.0 Å². The minimum Gasteiger partial charge on any atom is -0.492 e. The van der Waals surface area contributed by atoms with Gasteiger partial charge >= 0.3 is 5.69 Å². The number of carbonyl (C=O) groups is 1. The van der Waals surface area contributed by atoms with Gasteiger partial charge in [-0.1, -0.05) is 42.5 Å². The molecule has 0 bridgehead atoms. The fourth-order valence-corrected chi connectivity index (χ4v) is 5.51. The topological polar surface area (TPSA) is 67.3 Å². The fourth-order valence-electron chi connectivity index (χ4n) is 4.44. The van der Waals surface area contributed by atoms with Gasteiger partial charge < -0.3 is 14.6 Å². The maximum atomic E-state index is 13.4. The molecule has 5 rings (SSSR count). The van der Waals surface area contributed by atoms with Crippen LogP contribution >= 0.6 is 11.3 Å². The Hall–Kier alpha value is -3.32. The van der Waals surface area contributed by atoms with Gasteiger partial charge in [0.1, 0.15) is 10.6 Å². The number of rotatable bonds is 5. The van der Waals surface area contributed by atoms with Crippen LogP contribution in [0.3, 0.4) is 0 Å². The maximum absolute atomic E-state index is 13.4. The summed E-state index contributed by atoms with van der Waals surface area (Å²) in [6, 6.07) is 19.9. The second-order valence-corrected chi connectivity index (χ2v) is 9.00. The van der Waals surface area contributed by atoms with Crippen LogP contribution in [-0.2, 0) is 0 Å². The predicted octanol–water partition coefficient (Wildman–Crippen LogP) is 4.93. The second kappa shape index (κ2) is 8.67. The molecule has 0 spiro atoms. The molecule has 0 unspecified atom stereocenters. The van der Waals surface area contributed by atoms with Gasteiger partial charge in [0.15, 0.2) is 0 Å². The highest BCUT2D eigenvalue weighted by Crippen LogP contribution is 2.38. The number of carbonyl (C=O) groups excluding carboxylic acids is 1. The molecule has 2 aromatic carbocycles. The molecule has 164 valence electrons. The van der Waals surface area contributed by atoms with Crippen molar-refractivity contribution in [1.29, 1.82) is 0 Å². The molecule has 1 amide bonds. The van der Waals surface area contributed by atoms with Crippen LogP contribution in [0.15, 0.2) is 65.5 Å². The number of fused-ring (bicyclic) bond motifs is 1. The first-order valence-electron chi connectivity index (χ1n) is 11.0. The van der Waals surface area contributed by atoms with E-state index in [0.29, 0.717) is 30.3 Å². The van der Waals surface area contributed by atoms with Crippen molar-refractivity contribution in [3.63, 3.8) is 0 Å². The van der Waals surface area contributed by atoms with E-state index in [1.807, 2.05) is 77.1 Å². The molecule has 1 saturated heterocycles. The van der Waals surface area contributed by atoms with Gasteiger partial charge in [0.05, 0.1) is 17.6 Å². The standard InChI is InChI=1S/C25H25N3O3S/c1-2-31-21-16-22(17-8-4-3-5-9-17)32-23(21)24(29)27-14-12-18(13-15-27)28-20-11-7-6-10-19(20)26-25(28)30/h3-11,16,18H,2,12-15H2,1H3,(H,26,30). The largest absolute Gasteiger partial charge is 0.492 e. The molecule has 3 heterocycles. The number of piperidine rings is 1. The number of aromatic amines is 1. The molecule has 32 heavy (non-hydrogen) atoms. The Morgan fingerprint density at radius 1 is 1.09 bits per heavy atom. The minimum atomic E-state index is -0.0830. The predicted molar refractivity (Wildman–Crippen MR) is 128 cm³/mol. The number of para-hydroxylation sites is 2. The van der Waals surface area contributed by atoms with Crippen LogP contribution < -0.4 is 10.4 Å². The number of benzene rings is 2. The third kappa shape index (κ3) is 3.73. The van der Waals surface area contributed by atoms with E-state index in [4.69, 9.17) is 4.74 Å². The average molecular weight is 448 g/mol. The minimum absolute atomic E-state index is 0.00496. The number of hydrogen-bond acceptors (Lipinski definition) is 4. The SMILES string of the molecule is CCOc1cc(-c2ccccc2)sc1C(=O)N1CCC(n2c(=O)[nH]c3ccccc32)CC1. The summed E-state index contributed by atoms with van der Waals surface area (Å²) in [5, 5.41) is 0. The van der Waals surface area contributed by atoms with Crippen molar-refractivity contribution in [2.24, 2.45) is 0 Å². The van der Waals surface area contributed by atoms with Crippen molar-refractivity contribution in [2.75, 3.05) is 19.7 Å². The number of likely N-dealkylation sites (tertiary alicyclic amines) is 1. The lowest BCUT2D eigenvalue weighted by Crippen LogP contribution is -2.40. The Morgan fingerprint density at radius 2 is 1.81 bits per heavy atom. The van der Waals surface area contributed by atoms with Gasteiger partial charge in [-0.3, -0.25) is 9.36 Å². The zero-order valence-electron chi connectivity index (χ0n) is 17.9. The molecule has 2 aromatic heterocycles. The highest BCUT2D eigenvalue weighted by molar-refractivity contribution is 7.17. The molecule has 0 atom stereocenters. The van der Waals surface area contributed by atoms with Gasteiger partial charge in [-0.25, -0.2) is 4.79 Å². The van der Waals surface area contributed by atoms with Crippen LogP contribution in [0.5, 0.6) is 5.75 Å². The fraction of sp³-hybridized carbons (Fsp3) is 0.280. The average Bonchev–Trinajstić information content (AvgIpc) is 3.40. The van der Waals surface area contributed by atoms with Crippen LogP contribution in [0.4, 0.5) is 0 Å². The van der Waals surface area contributed by atoms with Gasteiger partial charge in [-0.05, 0) is 43.5 Å². The van der Waals surface area contributed by atoms with Crippen molar-refractivity contribution in [2.45, 2.75) is 25.8 Å². The van der Waals surface area contributed by atoms with E-state index < -0.39 is 0 Å². The molecule has 1 aliphatic heterocycles. The number of ether oxygens (including phenoxy) is 1. The van der Waals surface area contributed by atoms with Crippen molar-refractivity contribution < 1.29 is 9.53 Å². The second-order valence-electron chi connectivity index (χ2n) is 7.94. The van der Waals surface area contributed by atoms with Crippen LogP contribution in [0.1, 0.15) is 35.5 Å². The lowest BCUT2D eigenvalue weighted by molar-refractivity contribution is 0.0696. The molecule has 4 aromatic rings. The summed E-state index contributed by atoms with van der Waals surface area (Å²) in [7, 11) is 0. The third-order valence-electron chi connectivity index (χ3n) is 5.99. The molecule has 1 N–H and O–H groups in total. The van der Waals surface area contributed by atoms with Crippen LogP contribution in [0, 0.1) is 0 Å². The molecule has 1 fully saturated rings. The zero-order valence-corrected chi connectivity index (χ0v) is 18.7. The Morgan fingerprint density at radius 3 is 2.56 bits per heavy atom. The molecule has 0 aliphatic carbocycles. The Bertz CT molecular complexity index is 1300. The van der Waals surface area contributed by atoms with E-state index in [9.17, 15) is 9.59 Å². The molecule has 0 radical (unpaired) electrons. The smallest absolute Gasteiger partial charge is 0.326 e. The summed E-state index contributed by atoms with van der Waals surface area (Å²) in [5.41, 5.74) is 2.77. The third-order valence-corrected chi connectivity index (χ3v) is 7.14. The van der Waals surface area contributed by atoms with Crippen LogP contribution in [0.2, 0.25) is 0 Å². The van der Waals surface area contributed by atoms with Gasteiger partial charge in [-0.15, -0.1) is 11.3 Å². The van der Waals surface area contributed by atoms with E-state index in [0.717, 1.165) is 34.3 Å². The number of hydrogen-bond donors (Lipinski definition) is 1.